The molecule has 0 saturated carbocycles. The number of amides is 4. The SMILES string of the molecule is CC(=O)N1C(=O)/C(=c2\sc3n(c2=O)N[C@@]2(c4ccccc4)N(C)C(=O)N(C)[C@@]2(c2ccccc2)N=3)c2ccccc21. The zero-order valence-corrected chi connectivity index (χ0v) is 23.2. The molecule has 0 unspecified atom stereocenters. The van der Waals surface area contributed by atoms with Gasteiger partial charge in [0.15, 0.2) is 0 Å². The highest BCUT2D eigenvalue weighted by Crippen LogP contribution is 2.53. The number of nitrogens with one attached hydrogen (secondary N) is 1. The molecule has 204 valence electrons. The van der Waals surface area contributed by atoms with E-state index in [0.717, 1.165) is 27.4 Å². The fourth-order valence-corrected chi connectivity index (χ4v) is 7.37. The van der Waals surface area contributed by atoms with Gasteiger partial charge in [-0.05, 0) is 6.07 Å². The van der Waals surface area contributed by atoms with Crippen molar-refractivity contribution >= 4 is 40.4 Å². The first-order valence-electron chi connectivity index (χ1n) is 13.0. The van der Waals surface area contributed by atoms with Crippen molar-refractivity contribution in [3.8, 4) is 0 Å². The van der Waals surface area contributed by atoms with Gasteiger partial charge in [0.2, 0.25) is 22.0 Å². The van der Waals surface area contributed by atoms with Crippen molar-refractivity contribution in [2.24, 2.45) is 4.99 Å². The summed E-state index contributed by atoms with van der Waals surface area (Å²) in [5.41, 5.74) is 2.81. The molecule has 3 aliphatic rings. The molecular weight excluding hydrogens is 540 g/mol. The van der Waals surface area contributed by atoms with Crippen LogP contribution in [0.3, 0.4) is 0 Å². The molecule has 3 aliphatic heterocycles. The van der Waals surface area contributed by atoms with Crippen LogP contribution in [-0.4, -0.2) is 46.4 Å². The van der Waals surface area contributed by atoms with Crippen LogP contribution in [0.25, 0.3) is 5.57 Å². The quantitative estimate of drug-likeness (QED) is 0.400. The van der Waals surface area contributed by atoms with Gasteiger partial charge >= 0.3 is 6.03 Å². The fraction of sp³-hybridized carbons (Fsp3) is 0.167. The van der Waals surface area contributed by atoms with Gasteiger partial charge < -0.3 is 0 Å². The highest BCUT2D eigenvalue weighted by molar-refractivity contribution is 7.07. The van der Waals surface area contributed by atoms with Crippen LogP contribution in [0.4, 0.5) is 10.5 Å². The summed E-state index contributed by atoms with van der Waals surface area (Å²) in [5, 5.41) is 0. The number of anilines is 1. The van der Waals surface area contributed by atoms with Gasteiger partial charge in [0.05, 0.1) is 11.3 Å². The van der Waals surface area contributed by atoms with Gasteiger partial charge in [0.1, 0.15) is 4.53 Å². The first kappa shape index (κ1) is 25.0. The molecule has 1 N–H and O–H groups in total. The third kappa shape index (κ3) is 2.98. The van der Waals surface area contributed by atoms with Crippen molar-refractivity contribution in [2.45, 2.75) is 18.2 Å². The summed E-state index contributed by atoms with van der Waals surface area (Å²) in [7, 11) is 3.37. The molecule has 1 aromatic heterocycles. The summed E-state index contributed by atoms with van der Waals surface area (Å²) >= 11 is 1.05. The second-order valence-corrected chi connectivity index (χ2v) is 11.1. The Balaban J connectivity index is 1.61. The second kappa shape index (κ2) is 8.48. The molecule has 0 spiro atoms. The highest BCUT2D eigenvalue weighted by atomic mass is 32.1. The van der Waals surface area contributed by atoms with Crippen LogP contribution in [0.15, 0.2) is 94.7 Å². The summed E-state index contributed by atoms with van der Waals surface area (Å²) in [5.74, 6) is -1.00. The monoisotopic (exact) mass is 564 g/mol. The number of aromatic nitrogens is 1. The smallest absolute Gasteiger partial charge is 0.295 e. The predicted octanol–water partition coefficient (Wildman–Crippen LogP) is 1.88. The van der Waals surface area contributed by atoms with E-state index < -0.39 is 28.7 Å². The molecule has 0 radical (unpaired) electrons. The van der Waals surface area contributed by atoms with Gasteiger partial charge in [0.25, 0.3) is 11.5 Å². The number of fused-ring (bicyclic) bond motifs is 3. The van der Waals surface area contributed by atoms with Gasteiger partial charge in [-0.1, -0.05) is 90.2 Å². The Labute approximate surface area is 238 Å². The number of carbonyl (C=O) groups is 3. The van der Waals surface area contributed by atoms with E-state index in [1.807, 2.05) is 60.7 Å². The molecule has 41 heavy (non-hydrogen) atoms. The van der Waals surface area contributed by atoms with Gasteiger partial charge in [-0.25, -0.2) is 14.7 Å². The molecule has 10 nitrogen and oxygen atoms in total. The maximum absolute atomic E-state index is 14.2. The van der Waals surface area contributed by atoms with E-state index in [9.17, 15) is 19.2 Å². The summed E-state index contributed by atoms with van der Waals surface area (Å²) in [4.78, 5) is 63.6. The minimum atomic E-state index is -1.33. The van der Waals surface area contributed by atoms with Gasteiger partial charge in [-0.2, -0.15) is 4.68 Å². The Kier molecular flexibility index (Phi) is 5.17. The molecule has 4 heterocycles. The molecule has 3 aromatic carbocycles. The van der Waals surface area contributed by atoms with Crippen LogP contribution in [0.1, 0.15) is 23.6 Å². The van der Waals surface area contributed by atoms with Crippen molar-refractivity contribution in [1.29, 1.82) is 0 Å². The number of urea groups is 1. The molecule has 2 atom stereocenters. The Bertz CT molecular complexity index is 1970. The normalized spacial score (nSPS) is 24.0. The number of nitrogens with zero attached hydrogens (tertiary/aromatic N) is 5. The van der Waals surface area contributed by atoms with Crippen LogP contribution in [0.2, 0.25) is 0 Å². The molecule has 0 bridgehead atoms. The van der Waals surface area contributed by atoms with Crippen molar-refractivity contribution < 1.29 is 14.4 Å². The summed E-state index contributed by atoms with van der Waals surface area (Å²) in [6, 6.07) is 25.5. The van der Waals surface area contributed by atoms with Crippen molar-refractivity contribution in [3.63, 3.8) is 0 Å². The number of benzene rings is 3. The van der Waals surface area contributed by atoms with Crippen molar-refractivity contribution in [1.82, 2.24) is 14.5 Å². The average molecular weight is 565 g/mol. The lowest BCUT2D eigenvalue weighted by Crippen LogP contribution is -2.67. The lowest BCUT2D eigenvalue weighted by molar-refractivity contribution is -0.122. The van der Waals surface area contributed by atoms with Crippen molar-refractivity contribution in [3.05, 3.63) is 121 Å². The molecular formula is C30H24N6O4S. The zero-order chi connectivity index (χ0) is 28.7. The Morgan fingerprint density at radius 2 is 1.44 bits per heavy atom. The second-order valence-electron chi connectivity index (χ2n) is 10.1. The molecule has 1 fully saturated rings. The molecule has 7 rings (SSSR count). The van der Waals surface area contributed by atoms with Crippen molar-refractivity contribution in [2.75, 3.05) is 24.4 Å². The van der Waals surface area contributed by atoms with E-state index in [4.69, 9.17) is 4.99 Å². The van der Waals surface area contributed by atoms with Crippen LogP contribution in [0.5, 0.6) is 0 Å². The van der Waals surface area contributed by atoms with Crippen LogP contribution in [-0.2, 0) is 20.9 Å². The predicted molar refractivity (Wildman–Crippen MR) is 153 cm³/mol. The maximum atomic E-state index is 14.2. The van der Waals surface area contributed by atoms with Crippen LogP contribution >= 0.6 is 11.3 Å². The Hall–Kier alpha value is -5.03. The minimum absolute atomic E-state index is 0.148. The number of hydrogen-bond donors (Lipinski definition) is 1. The third-order valence-corrected chi connectivity index (χ3v) is 9.16. The zero-order valence-electron chi connectivity index (χ0n) is 22.4. The number of para-hydroxylation sites is 1. The highest BCUT2D eigenvalue weighted by Gasteiger charge is 2.69. The standard InChI is InChI=1S/C30H24N6O4S/c1-18(37)35-22-17-11-10-16-21(22)23(25(35)38)24-26(39)36-27(41-24)31-29(19-12-6-4-7-13-19)30(32-36,20-14-8-5-9-15-20)34(3)28(40)33(29)2/h4-17,32H,1-3H3/b24-23-/t29-,30+/m1/s1. The van der Waals surface area contributed by atoms with E-state index in [0.29, 0.717) is 11.3 Å². The summed E-state index contributed by atoms with van der Waals surface area (Å²) < 4.78 is 1.47. The molecule has 1 saturated heterocycles. The number of hydrogen-bond acceptors (Lipinski definition) is 7. The lowest BCUT2D eigenvalue weighted by Gasteiger charge is -2.49. The van der Waals surface area contributed by atoms with Gasteiger partial charge in [-0.15, -0.1) is 0 Å². The Morgan fingerprint density at radius 1 is 0.829 bits per heavy atom. The van der Waals surface area contributed by atoms with E-state index in [1.165, 1.54) is 11.6 Å². The summed E-state index contributed by atoms with van der Waals surface area (Å²) in [6.07, 6.45) is 0. The first-order chi connectivity index (χ1) is 19.7. The maximum Gasteiger partial charge on any atom is 0.324 e. The Morgan fingerprint density at radius 3 is 2.10 bits per heavy atom. The number of imide groups is 1. The first-order valence-corrected chi connectivity index (χ1v) is 13.8. The summed E-state index contributed by atoms with van der Waals surface area (Å²) in [6.45, 7) is 1.32. The molecule has 4 amide bonds. The average Bonchev–Trinajstić information content (AvgIpc) is 3.52. The lowest BCUT2D eigenvalue weighted by atomic mass is 9.80. The largest absolute Gasteiger partial charge is 0.324 e. The van der Waals surface area contributed by atoms with Gasteiger partial charge in [0, 0.05) is 37.7 Å². The van der Waals surface area contributed by atoms with E-state index >= 15 is 0 Å². The number of likely N-dealkylation sites (N-methyl/N-ethyl adjacent to an activating group) is 2. The van der Waals surface area contributed by atoms with E-state index in [1.54, 1.807) is 48.2 Å². The number of rotatable bonds is 2. The van der Waals surface area contributed by atoms with Crippen LogP contribution < -0.4 is 25.2 Å². The van der Waals surface area contributed by atoms with Crippen LogP contribution in [0, 0.1) is 0 Å². The topological polar surface area (TPSA) is 107 Å². The minimum Gasteiger partial charge on any atom is -0.295 e. The molecule has 0 aliphatic carbocycles. The third-order valence-electron chi connectivity index (χ3n) is 8.12. The van der Waals surface area contributed by atoms with E-state index in [-0.39, 0.29) is 20.9 Å². The molecule has 11 heteroatoms. The van der Waals surface area contributed by atoms with E-state index in [2.05, 4.69) is 5.43 Å². The fourth-order valence-electron chi connectivity index (χ4n) is 6.32. The molecule has 4 aromatic rings. The van der Waals surface area contributed by atoms with Gasteiger partial charge in [-0.3, -0.25) is 29.6 Å². The number of carbonyl (C=O) groups excluding carboxylic acids is 3. The number of thiazole rings is 1.